The minimum absolute atomic E-state index is 0.0590. The second-order valence-corrected chi connectivity index (χ2v) is 7.48. The summed E-state index contributed by atoms with van der Waals surface area (Å²) in [7, 11) is 5.84. The molecule has 3 aromatic rings. The normalized spacial score (nSPS) is 10.6. The van der Waals surface area contributed by atoms with Gasteiger partial charge in [0.25, 0.3) is 5.91 Å². The summed E-state index contributed by atoms with van der Waals surface area (Å²) < 4.78 is 0. The highest BCUT2D eigenvalue weighted by atomic mass is 32.1. The summed E-state index contributed by atoms with van der Waals surface area (Å²) in [6.45, 7) is 2.62. The molecule has 3 rings (SSSR count). The van der Waals surface area contributed by atoms with E-state index in [0.717, 1.165) is 21.8 Å². The molecule has 0 radical (unpaired) electrons. The maximum Gasteiger partial charge on any atom is 0.273 e. The average Bonchev–Trinajstić information content (AvgIpc) is 3.12. The fourth-order valence-electron chi connectivity index (χ4n) is 2.64. The van der Waals surface area contributed by atoms with Gasteiger partial charge in [0.1, 0.15) is 10.7 Å². The monoisotopic (exact) mass is 365 g/mol. The van der Waals surface area contributed by atoms with Gasteiger partial charge in [0.05, 0.1) is 0 Å². The van der Waals surface area contributed by atoms with Crippen LogP contribution in [0, 0.1) is 6.92 Å². The van der Waals surface area contributed by atoms with Crippen molar-refractivity contribution in [1.29, 1.82) is 0 Å². The number of rotatable bonds is 5. The van der Waals surface area contributed by atoms with E-state index < -0.39 is 0 Å². The Labute approximate surface area is 158 Å². The first-order valence-corrected chi connectivity index (χ1v) is 9.36. The van der Waals surface area contributed by atoms with E-state index in [4.69, 9.17) is 0 Å². The molecule has 4 nitrogen and oxygen atoms in total. The zero-order chi connectivity index (χ0) is 18.7. The molecule has 0 atom stereocenters. The number of carbonyl (C=O) groups excluding carboxylic acids is 1. The van der Waals surface area contributed by atoms with Crippen LogP contribution in [0.15, 0.2) is 53.9 Å². The number of hydrogen-bond donors (Lipinski definition) is 0. The third kappa shape index (κ3) is 4.11. The molecule has 0 aliphatic carbocycles. The minimum Gasteiger partial charge on any atom is -0.378 e. The van der Waals surface area contributed by atoms with E-state index in [9.17, 15) is 4.79 Å². The molecule has 0 aliphatic heterocycles. The van der Waals surface area contributed by atoms with E-state index in [-0.39, 0.29) is 5.91 Å². The first-order valence-electron chi connectivity index (χ1n) is 8.48. The lowest BCUT2D eigenvalue weighted by molar-refractivity contribution is 0.0780. The highest BCUT2D eigenvalue weighted by Gasteiger charge is 2.16. The molecule has 0 spiro atoms. The lowest BCUT2D eigenvalue weighted by atomic mass is 10.1. The molecule has 0 saturated carbocycles. The standard InChI is InChI=1S/C21H23N3OS/c1-15-5-9-17(10-6-15)20-22-19(14-26-20)21(25)24(4)13-16-7-11-18(12-8-16)23(2)3/h5-12,14H,13H2,1-4H3. The topological polar surface area (TPSA) is 36.4 Å². The van der Waals surface area contributed by atoms with Gasteiger partial charge in [-0.25, -0.2) is 4.98 Å². The molecule has 1 amide bonds. The fraction of sp³-hybridized carbons (Fsp3) is 0.238. The molecule has 134 valence electrons. The Kier molecular flexibility index (Phi) is 5.38. The molecule has 26 heavy (non-hydrogen) atoms. The van der Waals surface area contributed by atoms with Crippen molar-refractivity contribution in [2.24, 2.45) is 0 Å². The van der Waals surface area contributed by atoms with Gasteiger partial charge in [0.2, 0.25) is 0 Å². The first-order chi connectivity index (χ1) is 12.4. The number of carbonyl (C=O) groups is 1. The van der Waals surface area contributed by atoms with E-state index in [1.807, 2.05) is 38.7 Å². The van der Waals surface area contributed by atoms with Crippen molar-refractivity contribution in [1.82, 2.24) is 9.88 Å². The van der Waals surface area contributed by atoms with Crippen LogP contribution in [0.5, 0.6) is 0 Å². The molecule has 1 aromatic heterocycles. The van der Waals surface area contributed by atoms with Crippen molar-refractivity contribution in [3.63, 3.8) is 0 Å². The third-order valence-electron chi connectivity index (χ3n) is 4.24. The van der Waals surface area contributed by atoms with Gasteiger partial charge in [-0.05, 0) is 24.6 Å². The Morgan fingerprint density at radius 3 is 2.27 bits per heavy atom. The Morgan fingerprint density at radius 1 is 1.00 bits per heavy atom. The summed E-state index contributed by atoms with van der Waals surface area (Å²) in [6.07, 6.45) is 0. The maximum absolute atomic E-state index is 12.7. The van der Waals surface area contributed by atoms with Gasteiger partial charge in [-0.1, -0.05) is 42.0 Å². The lowest BCUT2D eigenvalue weighted by Crippen LogP contribution is -2.26. The van der Waals surface area contributed by atoms with Crippen LogP contribution in [0.4, 0.5) is 5.69 Å². The quantitative estimate of drug-likeness (QED) is 0.670. The highest BCUT2D eigenvalue weighted by Crippen LogP contribution is 2.24. The Bertz CT molecular complexity index is 882. The number of aryl methyl sites for hydroxylation is 1. The van der Waals surface area contributed by atoms with Gasteiger partial charge in [-0.3, -0.25) is 4.79 Å². The van der Waals surface area contributed by atoms with Crippen LogP contribution in [0.3, 0.4) is 0 Å². The zero-order valence-corrected chi connectivity index (χ0v) is 16.4. The number of amides is 1. The second kappa shape index (κ2) is 7.70. The van der Waals surface area contributed by atoms with Crippen molar-refractivity contribution in [3.8, 4) is 10.6 Å². The van der Waals surface area contributed by atoms with Gasteiger partial charge in [-0.15, -0.1) is 11.3 Å². The SMILES string of the molecule is Cc1ccc(-c2nc(C(=O)N(C)Cc3ccc(N(C)C)cc3)cs2)cc1. The third-order valence-corrected chi connectivity index (χ3v) is 5.13. The van der Waals surface area contributed by atoms with Crippen molar-refractivity contribution < 1.29 is 4.79 Å². The Balaban J connectivity index is 1.69. The van der Waals surface area contributed by atoms with Crippen LogP contribution >= 0.6 is 11.3 Å². The minimum atomic E-state index is -0.0590. The summed E-state index contributed by atoms with van der Waals surface area (Å²) in [4.78, 5) is 21.0. The van der Waals surface area contributed by atoms with E-state index in [2.05, 4.69) is 53.2 Å². The summed E-state index contributed by atoms with van der Waals surface area (Å²) in [5, 5.41) is 2.71. The molecule has 0 saturated heterocycles. The molecule has 0 bridgehead atoms. The van der Waals surface area contributed by atoms with E-state index in [0.29, 0.717) is 12.2 Å². The molecule has 0 N–H and O–H groups in total. The summed E-state index contributed by atoms with van der Waals surface area (Å²) in [6, 6.07) is 16.4. The van der Waals surface area contributed by atoms with E-state index in [1.165, 1.54) is 16.9 Å². The van der Waals surface area contributed by atoms with Gasteiger partial charge < -0.3 is 9.80 Å². The van der Waals surface area contributed by atoms with Crippen LogP contribution < -0.4 is 4.90 Å². The molecular formula is C21H23N3OS. The average molecular weight is 366 g/mol. The van der Waals surface area contributed by atoms with Gasteiger partial charge in [-0.2, -0.15) is 0 Å². The predicted molar refractivity (Wildman–Crippen MR) is 109 cm³/mol. The zero-order valence-electron chi connectivity index (χ0n) is 15.6. The van der Waals surface area contributed by atoms with Crippen molar-refractivity contribution >= 4 is 22.9 Å². The highest BCUT2D eigenvalue weighted by molar-refractivity contribution is 7.13. The van der Waals surface area contributed by atoms with Crippen LogP contribution in [0.1, 0.15) is 21.6 Å². The van der Waals surface area contributed by atoms with Crippen molar-refractivity contribution in [2.45, 2.75) is 13.5 Å². The lowest BCUT2D eigenvalue weighted by Gasteiger charge is -2.17. The maximum atomic E-state index is 12.7. The van der Waals surface area contributed by atoms with Crippen LogP contribution in [0.2, 0.25) is 0 Å². The molecule has 0 unspecified atom stereocenters. The smallest absolute Gasteiger partial charge is 0.273 e. The van der Waals surface area contributed by atoms with Gasteiger partial charge >= 0.3 is 0 Å². The second-order valence-electron chi connectivity index (χ2n) is 6.63. The molecule has 5 heteroatoms. The largest absolute Gasteiger partial charge is 0.378 e. The molecule has 1 heterocycles. The molecular weight excluding hydrogens is 342 g/mol. The van der Waals surface area contributed by atoms with Crippen LogP contribution in [0.25, 0.3) is 10.6 Å². The van der Waals surface area contributed by atoms with Gasteiger partial charge in [0.15, 0.2) is 0 Å². The summed E-state index contributed by atoms with van der Waals surface area (Å²) in [5.41, 5.74) is 4.99. The first kappa shape index (κ1) is 18.1. The number of nitrogens with zero attached hydrogens (tertiary/aromatic N) is 3. The fourth-order valence-corrected chi connectivity index (χ4v) is 3.44. The molecule has 0 aliphatic rings. The van der Waals surface area contributed by atoms with E-state index >= 15 is 0 Å². The predicted octanol–water partition coefficient (Wildman–Crippen LogP) is 4.46. The number of hydrogen-bond acceptors (Lipinski definition) is 4. The summed E-state index contributed by atoms with van der Waals surface area (Å²) >= 11 is 1.50. The van der Waals surface area contributed by atoms with E-state index in [1.54, 1.807) is 4.90 Å². The van der Waals surface area contributed by atoms with Gasteiger partial charge in [0, 0.05) is 44.3 Å². The number of benzene rings is 2. The number of thiazole rings is 1. The van der Waals surface area contributed by atoms with Crippen LogP contribution in [-0.2, 0) is 6.54 Å². The van der Waals surface area contributed by atoms with Crippen LogP contribution in [-0.4, -0.2) is 36.9 Å². The molecule has 2 aromatic carbocycles. The molecule has 0 fully saturated rings. The van der Waals surface area contributed by atoms with Crippen molar-refractivity contribution in [2.75, 3.05) is 26.0 Å². The Morgan fingerprint density at radius 2 is 1.65 bits per heavy atom. The number of anilines is 1. The van der Waals surface area contributed by atoms with Crippen molar-refractivity contribution in [3.05, 3.63) is 70.7 Å². The Hall–Kier alpha value is -2.66. The number of aromatic nitrogens is 1. The summed E-state index contributed by atoms with van der Waals surface area (Å²) in [5.74, 6) is -0.0590.